The van der Waals surface area contributed by atoms with Gasteiger partial charge in [0.05, 0.1) is 0 Å². The molecule has 0 spiro atoms. The van der Waals surface area contributed by atoms with Gasteiger partial charge < -0.3 is 4.74 Å². The van der Waals surface area contributed by atoms with Crippen LogP contribution in [0.1, 0.15) is 32.6 Å². The number of carbonyl (C=O) groups excluding carboxylic acids is 1. The molecule has 2 nitrogen and oxygen atoms in total. The Morgan fingerprint density at radius 3 is 2.86 bits per heavy atom. The lowest BCUT2D eigenvalue weighted by Crippen LogP contribution is -2.21. The molecule has 78 valence electrons. The summed E-state index contributed by atoms with van der Waals surface area (Å²) in [7, 11) is 0. The van der Waals surface area contributed by atoms with Crippen molar-refractivity contribution in [2.24, 2.45) is 5.92 Å². The second kappa shape index (κ2) is 6.41. The van der Waals surface area contributed by atoms with Gasteiger partial charge in [-0.2, -0.15) is 0 Å². The highest BCUT2D eigenvalue weighted by Gasteiger charge is 2.20. The maximum Gasteiger partial charge on any atom is 0.293 e. The zero-order chi connectivity index (χ0) is 10.2. The molecule has 0 aromatic rings. The second-order valence-corrected chi connectivity index (χ2v) is 3.69. The first-order chi connectivity index (χ1) is 6.86. The van der Waals surface area contributed by atoms with E-state index < -0.39 is 0 Å². The molecule has 0 bridgehead atoms. The Labute approximate surface area is 85.6 Å². The van der Waals surface area contributed by atoms with Crippen molar-refractivity contribution in [1.29, 1.82) is 0 Å². The molecule has 0 saturated heterocycles. The number of hydrogen-bond donors (Lipinski definition) is 0. The van der Waals surface area contributed by atoms with Crippen molar-refractivity contribution in [1.82, 2.24) is 0 Å². The van der Waals surface area contributed by atoms with Crippen molar-refractivity contribution in [3.63, 3.8) is 0 Å². The van der Waals surface area contributed by atoms with Crippen LogP contribution < -0.4 is 0 Å². The van der Waals surface area contributed by atoms with Gasteiger partial charge in [-0.15, -0.1) is 0 Å². The van der Waals surface area contributed by atoms with Gasteiger partial charge in [0.15, 0.2) is 0 Å². The summed E-state index contributed by atoms with van der Waals surface area (Å²) in [5.74, 6) is 0.574. The van der Waals surface area contributed by atoms with Crippen LogP contribution in [0.2, 0.25) is 0 Å². The van der Waals surface area contributed by atoms with Crippen LogP contribution in [0.25, 0.3) is 0 Å². The quantitative estimate of drug-likeness (QED) is 0.508. The van der Waals surface area contributed by atoms with Gasteiger partial charge in [0, 0.05) is 0 Å². The van der Waals surface area contributed by atoms with Crippen LogP contribution in [0, 0.1) is 5.92 Å². The van der Waals surface area contributed by atoms with E-state index >= 15 is 0 Å². The van der Waals surface area contributed by atoms with E-state index in [9.17, 15) is 4.79 Å². The molecule has 0 unspecified atom stereocenters. The van der Waals surface area contributed by atoms with Crippen molar-refractivity contribution in [2.75, 3.05) is 0 Å². The predicted molar refractivity (Wildman–Crippen MR) is 56.8 cm³/mol. The molecule has 1 fully saturated rings. The number of hydrogen-bond acceptors (Lipinski definition) is 2. The minimum Gasteiger partial charge on any atom is -0.465 e. The summed E-state index contributed by atoms with van der Waals surface area (Å²) in [6, 6.07) is 0. The Morgan fingerprint density at radius 2 is 2.14 bits per heavy atom. The molecule has 1 rings (SSSR count). The molecule has 0 radical (unpaired) electrons. The average molecular weight is 194 g/mol. The Bertz CT molecular complexity index is 218. The van der Waals surface area contributed by atoms with Gasteiger partial charge in [0.1, 0.15) is 6.10 Å². The molecule has 1 aliphatic rings. The topological polar surface area (TPSA) is 26.3 Å². The summed E-state index contributed by atoms with van der Waals surface area (Å²) in [4.78, 5) is 10.2. The summed E-state index contributed by atoms with van der Waals surface area (Å²) in [5.41, 5.74) is 0. The summed E-state index contributed by atoms with van der Waals surface area (Å²) in [6.45, 7) is 2.58. The number of rotatable bonds is 4. The van der Waals surface area contributed by atoms with E-state index in [1.165, 1.54) is 6.42 Å². The van der Waals surface area contributed by atoms with Crippen molar-refractivity contribution >= 4 is 6.47 Å². The second-order valence-electron chi connectivity index (χ2n) is 3.69. The largest absolute Gasteiger partial charge is 0.465 e. The highest BCUT2D eigenvalue weighted by Crippen LogP contribution is 2.26. The van der Waals surface area contributed by atoms with E-state index in [4.69, 9.17) is 4.74 Å². The van der Waals surface area contributed by atoms with Gasteiger partial charge >= 0.3 is 0 Å². The summed E-state index contributed by atoms with van der Waals surface area (Å²) in [6.07, 6.45) is 12.8. The summed E-state index contributed by atoms with van der Waals surface area (Å²) in [5, 5.41) is 0. The van der Waals surface area contributed by atoms with Gasteiger partial charge in [-0.25, -0.2) is 0 Å². The lowest BCUT2D eigenvalue weighted by atomic mass is 9.87. The molecule has 14 heavy (non-hydrogen) atoms. The third-order valence-corrected chi connectivity index (χ3v) is 2.60. The molecule has 1 saturated carbocycles. The maximum atomic E-state index is 10.2. The first-order valence-corrected chi connectivity index (χ1v) is 5.25. The molecule has 2 atom stereocenters. The molecule has 0 aliphatic heterocycles. The van der Waals surface area contributed by atoms with Gasteiger partial charge in [-0.3, -0.25) is 4.79 Å². The molecule has 1 aliphatic carbocycles. The predicted octanol–water partition coefficient (Wildman–Crippen LogP) is 2.85. The molecule has 0 heterocycles. The van der Waals surface area contributed by atoms with Gasteiger partial charge in [-0.05, 0) is 38.5 Å². The van der Waals surface area contributed by atoms with Crippen LogP contribution in [0.3, 0.4) is 0 Å². The van der Waals surface area contributed by atoms with Crippen LogP contribution in [0.4, 0.5) is 0 Å². The number of ether oxygens (including phenoxy) is 1. The van der Waals surface area contributed by atoms with Crippen molar-refractivity contribution in [2.45, 2.75) is 38.7 Å². The van der Waals surface area contributed by atoms with Crippen LogP contribution in [-0.4, -0.2) is 12.6 Å². The number of carbonyl (C=O) groups is 1. The normalized spacial score (nSPS) is 28.4. The van der Waals surface area contributed by atoms with Crippen LogP contribution in [0.15, 0.2) is 24.3 Å². The summed E-state index contributed by atoms with van der Waals surface area (Å²) < 4.78 is 4.99. The molecule has 0 N–H and O–H groups in total. The maximum absolute atomic E-state index is 10.2. The van der Waals surface area contributed by atoms with Crippen molar-refractivity contribution < 1.29 is 9.53 Å². The molecular formula is C12H18O2. The van der Waals surface area contributed by atoms with Crippen LogP contribution >= 0.6 is 0 Å². The van der Waals surface area contributed by atoms with E-state index in [2.05, 4.69) is 12.2 Å². The molecule has 0 aromatic carbocycles. The van der Waals surface area contributed by atoms with Gasteiger partial charge in [-0.1, -0.05) is 24.3 Å². The fourth-order valence-electron chi connectivity index (χ4n) is 1.89. The van der Waals surface area contributed by atoms with Crippen molar-refractivity contribution in [3.8, 4) is 0 Å². The van der Waals surface area contributed by atoms with E-state index in [1.54, 1.807) is 0 Å². The lowest BCUT2D eigenvalue weighted by Gasteiger charge is -2.25. The zero-order valence-corrected chi connectivity index (χ0v) is 8.69. The fraction of sp³-hybridized carbons (Fsp3) is 0.583. The van der Waals surface area contributed by atoms with Gasteiger partial charge in [0.25, 0.3) is 6.47 Å². The first-order valence-electron chi connectivity index (χ1n) is 5.25. The minimum atomic E-state index is 0.140. The van der Waals surface area contributed by atoms with E-state index in [0.717, 1.165) is 19.3 Å². The SMILES string of the molecule is C/C=C/C=C/[C@H]1CCC[C@@H](OC=O)C1. The smallest absolute Gasteiger partial charge is 0.293 e. The van der Waals surface area contributed by atoms with Gasteiger partial charge in [0.2, 0.25) is 0 Å². The Morgan fingerprint density at radius 1 is 1.29 bits per heavy atom. The fourth-order valence-corrected chi connectivity index (χ4v) is 1.89. The molecular weight excluding hydrogens is 176 g/mol. The molecule has 2 heteroatoms. The van der Waals surface area contributed by atoms with E-state index in [1.807, 2.05) is 19.1 Å². The Hall–Kier alpha value is -1.05. The van der Waals surface area contributed by atoms with E-state index in [0.29, 0.717) is 12.4 Å². The Balaban J connectivity index is 2.35. The van der Waals surface area contributed by atoms with Crippen LogP contribution in [0.5, 0.6) is 0 Å². The summed E-state index contributed by atoms with van der Waals surface area (Å²) >= 11 is 0. The third kappa shape index (κ3) is 3.77. The Kier molecular flexibility index (Phi) is 5.05. The first kappa shape index (κ1) is 11.0. The van der Waals surface area contributed by atoms with Crippen molar-refractivity contribution in [3.05, 3.63) is 24.3 Å². The minimum absolute atomic E-state index is 0.140. The highest BCUT2D eigenvalue weighted by molar-refractivity contribution is 5.37. The third-order valence-electron chi connectivity index (χ3n) is 2.60. The van der Waals surface area contributed by atoms with Crippen LogP contribution in [-0.2, 0) is 9.53 Å². The number of allylic oxidation sites excluding steroid dienone is 4. The average Bonchev–Trinajstić information content (AvgIpc) is 2.19. The lowest BCUT2D eigenvalue weighted by molar-refractivity contribution is -0.135. The molecule has 0 amide bonds. The molecule has 0 aromatic heterocycles. The standard InChI is InChI=1S/C12H18O2/c1-2-3-4-6-11-7-5-8-12(9-11)14-10-13/h2-4,6,10-12H,5,7-9H2,1H3/b3-2+,6-4+/t11-,12+/m0/s1. The highest BCUT2D eigenvalue weighted by atomic mass is 16.5. The monoisotopic (exact) mass is 194 g/mol. The van der Waals surface area contributed by atoms with E-state index in [-0.39, 0.29) is 6.10 Å². The zero-order valence-electron chi connectivity index (χ0n) is 8.69.